The van der Waals surface area contributed by atoms with Gasteiger partial charge in [0.15, 0.2) is 11.5 Å². The lowest BCUT2D eigenvalue weighted by molar-refractivity contribution is 0.0952. The first-order chi connectivity index (χ1) is 15.7. The number of benzene rings is 3. The number of amides is 1. The number of para-hydroxylation sites is 1. The third-order valence-electron chi connectivity index (χ3n) is 5.07. The number of ether oxygens (including phenoxy) is 3. The summed E-state index contributed by atoms with van der Waals surface area (Å²) in [6.45, 7) is 0.717. The van der Waals surface area contributed by atoms with E-state index in [0.29, 0.717) is 41.6 Å². The van der Waals surface area contributed by atoms with Crippen molar-refractivity contribution >= 4 is 16.8 Å². The summed E-state index contributed by atoms with van der Waals surface area (Å²) < 4.78 is 16.5. The zero-order chi connectivity index (χ0) is 22.3. The van der Waals surface area contributed by atoms with Gasteiger partial charge in [-0.2, -0.15) is 0 Å². The molecule has 0 atom stereocenters. The standard InChI is InChI=1S/C26H24N2O4/c1-30-23-13-12-19(14-24(23)31-2)16-27-26(29)21-15-25(28-22-11-7-6-10-20(21)22)32-17-18-8-4-3-5-9-18/h3-15H,16-17H2,1-2H3,(H,27,29). The van der Waals surface area contributed by atoms with E-state index < -0.39 is 0 Å². The fourth-order valence-corrected chi connectivity index (χ4v) is 3.41. The van der Waals surface area contributed by atoms with E-state index in [1.165, 1.54) is 0 Å². The summed E-state index contributed by atoms with van der Waals surface area (Å²) in [6, 6.07) is 24.6. The Morgan fingerprint density at radius 2 is 1.59 bits per heavy atom. The Balaban J connectivity index is 1.55. The topological polar surface area (TPSA) is 69.7 Å². The molecular weight excluding hydrogens is 404 g/mol. The summed E-state index contributed by atoms with van der Waals surface area (Å²) in [5.74, 6) is 1.46. The molecule has 32 heavy (non-hydrogen) atoms. The minimum atomic E-state index is -0.206. The molecule has 0 aliphatic rings. The van der Waals surface area contributed by atoms with Gasteiger partial charge in [0.05, 0.1) is 25.3 Å². The molecular formula is C26H24N2O4. The Labute approximate surface area is 186 Å². The van der Waals surface area contributed by atoms with E-state index in [1.54, 1.807) is 20.3 Å². The number of aromatic nitrogens is 1. The molecule has 1 aromatic heterocycles. The summed E-state index contributed by atoms with van der Waals surface area (Å²) >= 11 is 0. The zero-order valence-electron chi connectivity index (χ0n) is 18.0. The van der Waals surface area contributed by atoms with E-state index in [9.17, 15) is 4.79 Å². The highest BCUT2D eigenvalue weighted by molar-refractivity contribution is 6.06. The molecule has 0 unspecified atom stereocenters. The van der Waals surface area contributed by atoms with E-state index in [0.717, 1.165) is 16.5 Å². The molecule has 3 aromatic carbocycles. The fourth-order valence-electron chi connectivity index (χ4n) is 3.41. The minimum Gasteiger partial charge on any atom is -0.493 e. The van der Waals surface area contributed by atoms with Gasteiger partial charge >= 0.3 is 0 Å². The van der Waals surface area contributed by atoms with Crippen molar-refractivity contribution in [2.75, 3.05) is 14.2 Å². The molecule has 0 aliphatic heterocycles. The molecule has 0 aliphatic carbocycles. The van der Waals surface area contributed by atoms with Gasteiger partial charge in [0.25, 0.3) is 5.91 Å². The van der Waals surface area contributed by atoms with E-state index in [1.807, 2.05) is 72.8 Å². The van der Waals surface area contributed by atoms with Crippen molar-refractivity contribution in [2.24, 2.45) is 0 Å². The average Bonchev–Trinajstić information content (AvgIpc) is 2.85. The number of nitrogens with zero attached hydrogens (tertiary/aromatic N) is 1. The van der Waals surface area contributed by atoms with Crippen molar-refractivity contribution in [3.8, 4) is 17.4 Å². The Kier molecular flexibility index (Phi) is 6.51. The smallest absolute Gasteiger partial charge is 0.252 e. The molecule has 0 radical (unpaired) electrons. The van der Waals surface area contributed by atoms with Gasteiger partial charge < -0.3 is 19.5 Å². The SMILES string of the molecule is COc1ccc(CNC(=O)c2cc(OCc3ccccc3)nc3ccccc23)cc1OC. The van der Waals surface area contributed by atoms with Crippen LogP contribution in [0.15, 0.2) is 78.9 Å². The van der Waals surface area contributed by atoms with Crippen LogP contribution in [-0.2, 0) is 13.2 Å². The van der Waals surface area contributed by atoms with Crippen LogP contribution in [-0.4, -0.2) is 25.1 Å². The monoisotopic (exact) mass is 428 g/mol. The van der Waals surface area contributed by atoms with Crippen LogP contribution in [0.2, 0.25) is 0 Å². The third-order valence-corrected chi connectivity index (χ3v) is 5.07. The summed E-state index contributed by atoms with van der Waals surface area (Å²) in [7, 11) is 3.17. The predicted octanol–water partition coefficient (Wildman–Crippen LogP) is 4.76. The number of carbonyl (C=O) groups is 1. The molecule has 0 saturated heterocycles. The van der Waals surface area contributed by atoms with Gasteiger partial charge in [0.2, 0.25) is 5.88 Å². The van der Waals surface area contributed by atoms with Crippen molar-refractivity contribution < 1.29 is 19.0 Å². The molecule has 4 aromatic rings. The largest absolute Gasteiger partial charge is 0.493 e. The highest BCUT2D eigenvalue weighted by Crippen LogP contribution is 2.28. The average molecular weight is 428 g/mol. The number of fused-ring (bicyclic) bond motifs is 1. The second-order valence-corrected chi connectivity index (χ2v) is 7.17. The molecule has 162 valence electrons. The van der Waals surface area contributed by atoms with Crippen LogP contribution in [0.4, 0.5) is 0 Å². The van der Waals surface area contributed by atoms with Gasteiger partial charge in [-0.05, 0) is 29.3 Å². The zero-order valence-corrected chi connectivity index (χ0v) is 18.0. The molecule has 1 N–H and O–H groups in total. The van der Waals surface area contributed by atoms with E-state index >= 15 is 0 Å². The summed E-state index contributed by atoms with van der Waals surface area (Å²) in [6.07, 6.45) is 0. The van der Waals surface area contributed by atoms with Gasteiger partial charge in [-0.15, -0.1) is 0 Å². The molecule has 1 heterocycles. The fraction of sp³-hybridized carbons (Fsp3) is 0.154. The highest BCUT2D eigenvalue weighted by Gasteiger charge is 2.14. The van der Waals surface area contributed by atoms with Crippen LogP contribution in [0.1, 0.15) is 21.5 Å². The van der Waals surface area contributed by atoms with Gasteiger partial charge in [0.1, 0.15) is 6.61 Å². The van der Waals surface area contributed by atoms with E-state index in [-0.39, 0.29) is 5.91 Å². The first kappa shape index (κ1) is 21.2. The van der Waals surface area contributed by atoms with Crippen molar-refractivity contribution in [2.45, 2.75) is 13.2 Å². The van der Waals surface area contributed by atoms with Gasteiger partial charge in [0, 0.05) is 18.0 Å². The molecule has 6 heteroatoms. The number of nitrogens with one attached hydrogen (secondary N) is 1. The van der Waals surface area contributed by atoms with Crippen molar-refractivity contribution in [3.05, 3.63) is 95.6 Å². The maximum Gasteiger partial charge on any atom is 0.252 e. The Morgan fingerprint density at radius 3 is 2.38 bits per heavy atom. The summed E-state index contributed by atoms with van der Waals surface area (Å²) in [5, 5.41) is 3.75. The molecule has 0 spiro atoms. The Hall–Kier alpha value is -4.06. The lowest BCUT2D eigenvalue weighted by Gasteiger charge is -2.12. The second kappa shape index (κ2) is 9.83. The third kappa shape index (κ3) is 4.81. The number of rotatable bonds is 8. The van der Waals surface area contributed by atoms with E-state index in [2.05, 4.69) is 10.3 Å². The van der Waals surface area contributed by atoms with Crippen LogP contribution < -0.4 is 19.5 Å². The number of methoxy groups -OCH3 is 2. The van der Waals surface area contributed by atoms with Crippen LogP contribution >= 0.6 is 0 Å². The maximum atomic E-state index is 13.1. The Bertz CT molecular complexity index is 1230. The molecule has 6 nitrogen and oxygen atoms in total. The van der Waals surface area contributed by atoms with E-state index in [4.69, 9.17) is 14.2 Å². The number of pyridine rings is 1. The van der Waals surface area contributed by atoms with Crippen molar-refractivity contribution in [1.29, 1.82) is 0 Å². The van der Waals surface area contributed by atoms with Gasteiger partial charge in [-0.3, -0.25) is 4.79 Å². The van der Waals surface area contributed by atoms with Crippen LogP contribution in [0.25, 0.3) is 10.9 Å². The molecule has 4 rings (SSSR count). The van der Waals surface area contributed by atoms with Gasteiger partial charge in [-0.1, -0.05) is 54.6 Å². The summed E-state index contributed by atoms with van der Waals surface area (Å²) in [5.41, 5.74) is 3.14. The predicted molar refractivity (Wildman–Crippen MR) is 123 cm³/mol. The Morgan fingerprint density at radius 1 is 0.844 bits per heavy atom. The molecule has 1 amide bonds. The lowest BCUT2D eigenvalue weighted by Crippen LogP contribution is -2.23. The number of hydrogen-bond acceptors (Lipinski definition) is 5. The quantitative estimate of drug-likeness (QED) is 0.438. The second-order valence-electron chi connectivity index (χ2n) is 7.17. The lowest BCUT2D eigenvalue weighted by atomic mass is 10.1. The highest BCUT2D eigenvalue weighted by atomic mass is 16.5. The van der Waals surface area contributed by atoms with Crippen molar-refractivity contribution in [1.82, 2.24) is 10.3 Å². The summed E-state index contributed by atoms with van der Waals surface area (Å²) in [4.78, 5) is 17.6. The van der Waals surface area contributed by atoms with Crippen LogP contribution in [0, 0.1) is 0 Å². The van der Waals surface area contributed by atoms with Gasteiger partial charge in [-0.25, -0.2) is 4.98 Å². The normalized spacial score (nSPS) is 10.6. The molecule has 0 fully saturated rings. The van der Waals surface area contributed by atoms with Crippen LogP contribution in [0.5, 0.6) is 17.4 Å². The minimum absolute atomic E-state index is 0.206. The number of carbonyl (C=O) groups excluding carboxylic acids is 1. The maximum absolute atomic E-state index is 13.1. The number of hydrogen-bond donors (Lipinski definition) is 1. The first-order valence-corrected chi connectivity index (χ1v) is 10.2. The first-order valence-electron chi connectivity index (χ1n) is 10.2. The van der Waals surface area contributed by atoms with Crippen LogP contribution in [0.3, 0.4) is 0 Å². The van der Waals surface area contributed by atoms with Crippen molar-refractivity contribution in [3.63, 3.8) is 0 Å². The molecule has 0 bridgehead atoms. The molecule has 0 saturated carbocycles.